The van der Waals surface area contributed by atoms with Crippen molar-refractivity contribution >= 4 is 5.91 Å². The van der Waals surface area contributed by atoms with Gasteiger partial charge in [-0.2, -0.15) is 0 Å². The van der Waals surface area contributed by atoms with E-state index in [0.29, 0.717) is 23.1 Å². The summed E-state index contributed by atoms with van der Waals surface area (Å²) in [5.41, 5.74) is 4.06. The standard InChI is InChI=1S/C19H22N2O2/c1-12-18(13(2)23-20-12)19(22)21(15-10-11-15)17-9-5-7-14-6-3-4-8-16(14)17/h3-4,6,8,15,17H,5,7,9-11H2,1-2H3/t17-/m0/s1. The van der Waals surface area contributed by atoms with Gasteiger partial charge in [0.1, 0.15) is 11.3 Å². The molecule has 2 aromatic rings. The van der Waals surface area contributed by atoms with Crippen molar-refractivity contribution in [1.82, 2.24) is 10.1 Å². The van der Waals surface area contributed by atoms with Crippen LogP contribution in [0.15, 0.2) is 28.8 Å². The lowest BCUT2D eigenvalue weighted by Gasteiger charge is -2.36. The summed E-state index contributed by atoms with van der Waals surface area (Å²) in [6, 6.07) is 9.13. The molecule has 1 atom stereocenters. The van der Waals surface area contributed by atoms with Gasteiger partial charge < -0.3 is 9.42 Å². The summed E-state index contributed by atoms with van der Waals surface area (Å²) in [6.07, 6.45) is 5.51. The number of benzene rings is 1. The van der Waals surface area contributed by atoms with E-state index in [1.807, 2.05) is 13.8 Å². The van der Waals surface area contributed by atoms with Gasteiger partial charge in [0, 0.05) is 6.04 Å². The summed E-state index contributed by atoms with van der Waals surface area (Å²) in [4.78, 5) is 15.4. The molecule has 1 saturated carbocycles. The first-order valence-electron chi connectivity index (χ1n) is 8.50. The molecule has 0 spiro atoms. The molecule has 2 aliphatic carbocycles. The fourth-order valence-corrected chi connectivity index (χ4v) is 3.85. The maximum atomic E-state index is 13.3. The second kappa shape index (κ2) is 5.52. The molecule has 1 heterocycles. The third-order valence-corrected chi connectivity index (χ3v) is 5.10. The van der Waals surface area contributed by atoms with Gasteiger partial charge in [0.15, 0.2) is 0 Å². The van der Waals surface area contributed by atoms with Crippen LogP contribution in [-0.2, 0) is 6.42 Å². The Morgan fingerprint density at radius 1 is 1.22 bits per heavy atom. The third kappa shape index (κ3) is 2.46. The van der Waals surface area contributed by atoms with Crippen LogP contribution in [0.2, 0.25) is 0 Å². The summed E-state index contributed by atoms with van der Waals surface area (Å²) >= 11 is 0. The topological polar surface area (TPSA) is 46.3 Å². The molecule has 23 heavy (non-hydrogen) atoms. The van der Waals surface area contributed by atoms with E-state index in [-0.39, 0.29) is 11.9 Å². The van der Waals surface area contributed by atoms with E-state index in [1.165, 1.54) is 11.1 Å². The third-order valence-electron chi connectivity index (χ3n) is 5.10. The second-order valence-electron chi connectivity index (χ2n) is 6.75. The lowest BCUT2D eigenvalue weighted by Crippen LogP contribution is -2.38. The maximum Gasteiger partial charge on any atom is 0.260 e. The van der Waals surface area contributed by atoms with Crippen LogP contribution in [0.3, 0.4) is 0 Å². The van der Waals surface area contributed by atoms with Gasteiger partial charge in [-0.15, -0.1) is 0 Å². The number of hydrogen-bond donors (Lipinski definition) is 0. The Hall–Kier alpha value is -2.10. The van der Waals surface area contributed by atoms with E-state index in [2.05, 4.69) is 34.3 Å². The molecule has 0 bridgehead atoms. The number of fused-ring (bicyclic) bond motifs is 1. The van der Waals surface area contributed by atoms with Crippen LogP contribution < -0.4 is 0 Å². The van der Waals surface area contributed by atoms with Crippen molar-refractivity contribution in [2.75, 3.05) is 0 Å². The zero-order valence-electron chi connectivity index (χ0n) is 13.7. The Bertz CT molecular complexity index is 726. The molecule has 0 N–H and O–H groups in total. The molecule has 0 radical (unpaired) electrons. The number of carbonyl (C=O) groups is 1. The SMILES string of the molecule is Cc1noc(C)c1C(=O)N(C1CC1)[C@H]1CCCc2ccccc21. The van der Waals surface area contributed by atoms with Crippen LogP contribution in [0.5, 0.6) is 0 Å². The Kier molecular flexibility index (Phi) is 3.47. The van der Waals surface area contributed by atoms with E-state index >= 15 is 0 Å². The molecule has 0 aliphatic heterocycles. The molecule has 0 unspecified atom stereocenters. The number of aryl methyl sites for hydroxylation is 3. The summed E-state index contributed by atoms with van der Waals surface area (Å²) in [7, 11) is 0. The highest BCUT2D eigenvalue weighted by Crippen LogP contribution is 2.42. The fourth-order valence-electron chi connectivity index (χ4n) is 3.85. The normalized spacial score (nSPS) is 20.2. The number of carbonyl (C=O) groups excluding carboxylic acids is 1. The van der Waals surface area contributed by atoms with E-state index in [0.717, 1.165) is 32.1 Å². The second-order valence-corrected chi connectivity index (χ2v) is 6.75. The molecular weight excluding hydrogens is 288 g/mol. The molecule has 1 amide bonds. The number of rotatable bonds is 3. The predicted molar refractivity (Wildman–Crippen MR) is 87.3 cm³/mol. The summed E-state index contributed by atoms with van der Waals surface area (Å²) < 4.78 is 5.23. The summed E-state index contributed by atoms with van der Waals surface area (Å²) in [5, 5.41) is 3.97. The molecule has 120 valence electrons. The lowest BCUT2D eigenvalue weighted by atomic mass is 9.86. The zero-order chi connectivity index (χ0) is 16.0. The molecule has 2 aliphatic rings. The average molecular weight is 310 g/mol. The quantitative estimate of drug-likeness (QED) is 0.861. The van der Waals surface area contributed by atoms with Crippen LogP contribution in [0.25, 0.3) is 0 Å². The van der Waals surface area contributed by atoms with Crippen molar-refractivity contribution in [3.63, 3.8) is 0 Å². The summed E-state index contributed by atoms with van der Waals surface area (Å²) in [6.45, 7) is 3.68. The highest BCUT2D eigenvalue weighted by molar-refractivity contribution is 5.96. The van der Waals surface area contributed by atoms with E-state index in [9.17, 15) is 4.79 Å². The van der Waals surface area contributed by atoms with Crippen LogP contribution in [-0.4, -0.2) is 22.0 Å². The predicted octanol–water partition coefficient (Wildman–Crippen LogP) is 3.97. The minimum absolute atomic E-state index is 0.0884. The smallest absolute Gasteiger partial charge is 0.260 e. The molecule has 1 aromatic carbocycles. The molecule has 4 nitrogen and oxygen atoms in total. The molecule has 0 saturated heterocycles. The first kappa shape index (κ1) is 14.5. The van der Waals surface area contributed by atoms with Crippen molar-refractivity contribution in [2.24, 2.45) is 0 Å². The zero-order valence-corrected chi connectivity index (χ0v) is 13.7. The Morgan fingerprint density at radius 2 is 2.00 bits per heavy atom. The number of amides is 1. The van der Waals surface area contributed by atoms with Crippen molar-refractivity contribution in [1.29, 1.82) is 0 Å². The molecule has 1 aromatic heterocycles. The number of nitrogens with zero attached hydrogens (tertiary/aromatic N) is 2. The number of aromatic nitrogens is 1. The van der Waals surface area contributed by atoms with Crippen molar-refractivity contribution in [3.05, 3.63) is 52.4 Å². The Morgan fingerprint density at radius 3 is 2.70 bits per heavy atom. The minimum Gasteiger partial charge on any atom is -0.361 e. The van der Waals surface area contributed by atoms with E-state index < -0.39 is 0 Å². The highest BCUT2D eigenvalue weighted by atomic mass is 16.5. The lowest BCUT2D eigenvalue weighted by molar-refractivity contribution is 0.0635. The van der Waals surface area contributed by atoms with Gasteiger partial charge in [-0.05, 0) is 57.1 Å². The molecule has 4 rings (SSSR count). The Balaban J connectivity index is 1.74. The van der Waals surface area contributed by atoms with Crippen LogP contribution in [0.1, 0.15) is 64.7 Å². The van der Waals surface area contributed by atoms with E-state index in [1.54, 1.807) is 0 Å². The fraction of sp³-hybridized carbons (Fsp3) is 0.474. The average Bonchev–Trinajstić information content (AvgIpc) is 3.33. The van der Waals surface area contributed by atoms with Gasteiger partial charge in [0.2, 0.25) is 0 Å². The maximum absolute atomic E-state index is 13.3. The van der Waals surface area contributed by atoms with Crippen molar-refractivity contribution < 1.29 is 9.32 Å². The summed E-state index contributed by atoms with van der Waals surface area (Å²) in [5.74, 6) is 0.715. The van der Waals surface area contributed by atoms with Gasteiger partial charge in [-0.3, -0.25) is 4.79 Å². The minimum atomic E-state index is 0.0884. The number of hydrogen-bond acceptors (Lipinski definition) is 3. The van der Waals surface area contributed by atoms with Gasteiger partial charge in [0.05, 0.1) is 11.7 Å². The van der Waals surface area contributed by atoms with Crippen LogP contribution in [0, 0.1) is 13.8 Å². The van der Waals surface area contributed by atoms with Crippen molar-refractivity contribution in [2.45, 2.75) is 58.0 Å². The largest absolute Gasteiger partial charge is 0.361 e. The van der Waals surface area contributed by atoms with E-state index in [4.69, 9.17) is 4.52 Å². The Labute approximate surface area is 136 Å². The first-order chi connectivity index (χ1) is 11.2. The van der Waals surface area contributed by atoms with Gasteiger partial charge >= 0.3 is 0 Å². The molecular formula is C19H22N2O2. The van der Waals surface area contributed by atoms with Crippen LogP contribution >= 0.6 is 0 Å². The van der Waals surface area contributed by atoms with Gasteiger partial charge in [-0.25, -0.2) is 0 Å². The monoisotopic (exact) mass is 310 g/mol. The highest BCUT2D eigenvalue weighted by Gasteiger charge is 2.41. The van der Waals surface area contributed by atoms with Gasteiger partial charge in [-0.1, -0.05) is 29.4 Å². The molecule has 4 heteroatoms. The van der Waals surface area contributed by atoms with Crippen LogP contribution in [0.4, 0.5) is 0 Å². The molecule has 1 fully saturated rings. The first-order valence-corrected chi connectivity index (χ1v) is 8.50. The van der Waals surface area contributed by atoms with Gasteiger partial charge in [0.25, 0.3) is 5.91 Å². The van der Waals surface area contributed by atoms with Crippen molar-refractivity contribution in [3.8, 4) is 0 Å².